The van der Waals surface area contributed by atoms with Crippen molar-refractivity contribution in [1.82, 2.24) is 20.2 Å². The van der Waals surface area contributed by atoms with Gasteiger partial charge < -0.3 is 5.32 Å². The lowest BCUT2D eigenvalue weighted by Gasteiger charge is -2.08. The molecular weight excluding hydrogens is 356 g/mol. The molecule has 1 amide bonds. The summed E-state index contributed by atoms with van der Waals surface area (Å²) >= 11 is 2.56. The lowest BCUT2D eigenvalue weighted by atomic mass is 10.1. The maximum Gasteiger partial charge on any atom is 0.235 e. The molecule has 0 aliphatic heterocycles. The molecule has 1 N–H and O–H groups in total. The van der Waals surface area contributed by atoms with Gasteiger partial charge >= 0.3 is 0 Å². The van der Waals surface area contributed by atoms with Crippen LogP contribution in [0.2, 0.25) is 0 Å². The monoisotopic (exact) mass is 370 g/mol. The van der Waals surface area contributed by atoms with Crippen LogP contribution in [0.5, 0.6) is 0 Å². The Bertz CT molecular complexity index is 956. The van der Waals surface area contributed by atoms with Crippen molar-refractivity contribution in [2.45, 2.75) is 19.0 Å². The number of nitrogens with zero attached hydrogens (tertiary/aromatic N) is 5. The van der Waals surface area contributed by atoms with Gasteiger partial charge in [-0.05, 0) is 52.9 Å². The summed E-state index contributed by atoms with van der Waals surface area (Å²) < 4.78 is 1.63. The van der Waals surface area contributed by atoms with Gasteiger partial charge in [0, 0.05) is 0 Å². The maximum absolute atomic E-state index is 12.1. The molecule has 0 unspecified atom stereocenters. The number of carbonyl (C=O) groups is 1. The smallest absolute Gasteiger partial charge is 0.235 e. The Balaban J connectivity index is 1.71. The van der Waals surface area contributed by atoms with E-state index in [0.717, 1.165) is 16.8 Å². The molecule has 0 fully saturated rings. The van der Waals surface area contributed by atoms with E-state index in [4.69, 9.17) is 5.26 Å². The summed E-state index contributed by atoms with van der Waals surface area (Å²) in [7, 11) is 0. The average molecular weight is 370 g/mol. The second-order valence-corrected chi connectivity index (χ2v) is 7.13. The third kappa shape index (κ3) is 3.87. The molecule has 0 spiro atoms. The number of carbonyl (C=O) groups excluding carboxylic acids is 1. The largest absolute Gasteiger partial charge is 0.316 e. The van der Waals surface area contributed by atoms with Gasteiger partial charge in [-0.3, -0.25) is 4.79 Å². The van der Waals surface area contributed by atoms with Crippen LogP contribution in [-0.4, -0.2) is 31.9 Å². The van der Waals surface area contributed by atoms with Crippen LogP contribution >= 0.6 is 23.1 Å². The fourth-order valence-corrected chi connectivity index (χ4v) is 3.59. The fourth-order valence-electron chi connectivity index (χ4n) is 2.15. The summed E-state index contributed by atoms with van der Waals surface area (Å²) in [6, 6.07) is 9.75. The van der Waals surface area contributed by atoms with Gasteiger partial charge in [0.05, 0.1) is 17.0 Å². The first-order valence-corrected chi connectivity index (χ1v) is 9.21. The highest BCUT2D eigenvalue weighted by Crippen LogP contribution is 2.24. The van der Waals surface area contributed by atoms with E-state index in [1.54, 1.807) is 16.1 Å². The highest BCUT2D eigenvalue weighted by molar-refractivity contribution is 7.99. The molecule has 0 saturated heterocycles. The van der Waals surface area contributed by atoms with Gasteiger partial charge in [0.25, 0.3) is 0 Å². The van der Waals surface area contributed by atoms with Crippen LogP contribution < -0.4 is 5.32 Å². The van der Waals surface area contributed by atoms with Crippen LogP contribution in [0.15, 0.2) is 34.8 Å². The zero-order valence-corrected chi connectivity index (χ0v) is 15.2. The van der Waals surface area contributed by atoms with Gasteiger partial charge in [-0.15, -0.1) is 16.4 Å². The standard InChI is InChI=1S/C16H14N6OS2/c1-10-3-4-11(2)13(7-10)22-16(19-20-21-22)25-9-14(23)18-15-12(8-17)5-6-24-15/h3-7H,9H2,1-2H3,(H,18,23). The number of hydrogen-bond acceptors (Lipinski definition) is 7. The molecule has 2 heterocycles. The maximum atomic E-state index is 12.1. The molecule has 25 heavy (non-hydrogen) atoms. The van der Waals surface area contributed by atoms with Crippen LogP contribution in [-0.2, 0) is 4.79 Å². The Kier molecular flexibility index (Phi) is 5.11. The first kappa shape index (κ1) is 17.1. The number of benzene rings is 1. The van der Waals surface area contributed by atoms with E-state index in [2.05, 4.69) is 20.8 Å². The van der Waals surface area contributed by atoms with E-state index in [1.165, 1.54) is 23.1 Å². The lowest BCUT2D eigenvalue weighted by Crippen LogP contribution is -2.14. The Labute approximate surface area is 152 Å². The van der Waals surface area contributed by atoms with Crippen molar-refractivity contribution in [2.75, 3.05) is 11.1 Å². The molecule has 126 valence electrons. The van der Waals surface area contributed by atoms with E-state index < -0.39 is 0 Å². The summed E-state index contributed by atoms with van der Waals surface area (Å²) in [6.45, 7) is 3.99. The van der Waals surface area contributed by atoms with Gasteiger partial charge in [-0.25, -0.2) is 0 Å². The minimum absolute atomic E-state index is 0.147. The second-order valence-electron chi connectivity index (χ2n) is 5.28. The van der Waals surface area contributed by atoms with Crippen molar-refractivity contribution >= 4 is 34.0 Å². The number of amides is 1. The molecule has 3 rings (SSSR count). The average Bonchev–Trinajstić information content (AvgIpc) is 3.24. The number of tetrazole rings is 1. The highest BCUT2D eigenvalue weighted by atomic mass is 32.2. The lowest BCUT2D eigenvalue weighted by molar-refractivity contribution is -0.113. The van der Waals surface area contributed by atoms with Crippen molar-refractivity contribution in [3.8, 4) is 11.8 Å². The normalized spacial score (nSPS) is 10.4. The Hall–Kier alpha value is -2.70. The summed E-state index contributed by atoms with van der Waals surface area (Å²) in [4.78, 5) is 12.1. The molecule has 0 bridgehead atoms. The Morgan fingerprint density at radius 1 is 1.40 bits per heavy atom. The molecule has 2 aromatic heterocycles. The number of aryl methyl sites for hydroxylation is 2. The first-order valence-electron chi connectivity index (χ1n) is 7.34. The predicted molar refractivity (Wildman–Crippen MR) is 97.0 cm³/mol. The molecule has 0 aliphatic rings. The van der Waals surface area contributed by atoms with Gasteiger partial charge in [-0.1, -0.05) is 23.9 Å². The van der Waals surface area contributed by atoms with Crippen molar-refractivity contribution in [2.24, 2.45) is 0 Å². The number of rotatable bonds is 5. The van der Waals surface area contributed by atoms with Gasteiger partial charge in [0.1, 0.15) is 11.1 Å². The van der Waals surface area contributed by atoms with Crippen molar-refractivity contribution in [3.05, 3.63) is 46.3 Å². The number of thioether (sulfide) groups is 1. The molecule has 0 radical (unpaired) electrons. The Morgan fingerprint density at radius 2 is 2.24 bits per heavy atom. The summed E-state index contributed by atoms with van der Waals surface area (Å²) in [5.41, 5.74) is 3.49. The van der Waals surface area contributed by atoms with Gasteiger partial charge in [0.2, 0.25) is 11.1 Å². The van der Waals surface area contributed by atoms with E-state index >= 15 is 0 Å². The zero-order valence-electron chi connectivity index (χ0n) is 13.6. The van der Waals surface area contributed by atoms with E-state index in [-0.39, 0.29) is 11.7 Å². The first-order chi connectivity index (χ1) is 12.1. The fraction of sp³-hybridized carbons (Fsp3) is 0.188. The number of aromatic nitrogens is 4. The van der Waals surface area contributed by atoms with Crippen molar-refractivity contribution in [1.29, 1.82) is 5.26 Å². The van der Waals surface area contributed by atoms with Gasteiger partial charge in [0.15, 0.2) is 0 Å². The van der Waals surface area contributed by atoms with Gasteiger partial charge in [-0.2, -0.15) is 9.94 Å². The number of thiophene rings is 1. The van der Waals surface area contributed by atoms with E-state index in [9.17, 15) is 4.79 Å². The molecule has 7 nitrogen and oxygen atoms in total. The third-order valence-electron chi connectivity index (χ3n) is 3.40. The molecule has 0 aliphatic carbocycles. The molecular formula is C16H14N6OS2. The quantitative estimate of drug-likeness (QED) is 0.694. The zero-order chi connectivity index (χ0) is 17.8. The number of hydrogen-bond donors (Lipinski definition) is 1. The van der Waals surface area contributed by atoms with Crippen molar-refractivity contribution < 1.29 is 4.79 Å². The van der Waals surface area contributed by atoms with Crippen LogP contribution in [0.1, 0.15) is 16.7 Å². The predicted octanol–water partition coefficient (Wildman–Crippen LogP) is 2.94. The van der Waals surface area contributed by atoms with Crippen LogP contribution in [0.25, 0.3) is 5.69 Å². The topological polar surface area (TPSA) is 96.5 Å². The number of nitriles is 1. The Morgan fingerprint density at radius 3 is 3.04 bits per heavy atom. The number of anilines is 1. The van der Waals surface area contributed by atoms with E-state index in [0.29, 0.717) is 15.7 Å². The van der Waals surface area contributed by atoms with Crippen LogP contribution in [0.3, 0.4) is 0 Å². The molecule has 0 atom stereocenters. The van der Waals surface area contributed by atoms with Crippen LogP contribution in [0, 0.1) is 25.2 Å². The molecule has 9 heteroatoms. The second kappa shape index (κ2) is 7.46. The summed E-state index contributed by atoms with van der Waals surface area (Å²) in [5, 5.41) is 26.3. The summed E-state index contributed by atoms with van der Waals surface area (Å²) in [5.74, 6) is -0.0620. The van der Waals surface area contributed by atoms with E-state index in [1.807, 2.05) is 38.1 Å². The molecule has 0 saturated carbocycles. The van der Waals surface area contributed by atoms with Crippen LogP contribution in [0.4, 0.5) is 5.00 Å². The highest BCUT2D eigenvalue weighted by Gasteiger charge is 2.14. The minimum Gasteiger partial charge on any atom is -0.316 e. The van der Waals surface area contributed by atoms with Crippen molar-refractivity contribution in [3.63, 3.8) is 0 Å². The minimum atomic E-state index is -0.209. The number of nitrogens with one attached hydrogen (secondary N) is 1. The molecule has 3 aromatic rings. The summed E-state index contributed by atoms with van der Waals surface area (Å²) in [6.07, 6.45) is 0. The molecule has 1 aromatic carbocycles. The SMILES string of the molecule is Cc1ccc(C)c(-n2nnnc2SCC(=O)Nc2sccc2C#N)c1. The third-order valence-corrected chi connectivity index (χ3v) is 5.15.